The Labute approximate surface area is 160 Å². The number of allylic oxidation sites excluding steroid dienone is 1. The Kier molecular flexibility index (Phi) is 11.1. The van der Waals surface area contributed by atoms with Gasteiger partial charge < -0.3 is 14.9 Å². The molecular weight excluding hydrogens is 328 g/mol. The number of aliphatic hydroxyl groups is 2. The maximum Gasteiger partial charge on any atom is 0.305 e. The van der Waals surface area contributed by atoms with Crippen molar-refractivity contribution in [2.75, 3.05) is 7.11 Å². The number of carbonyl (C=O) groups excluding carboxylic acids is 1. The van der Waals surface area contributed by atoms with Crippen molar-refractivity contribution in [3.8, 4) is 0 Å². The van der Waals surface area contributed by atoms with E-state index in [1.54, 1.807) is 0 Å². The van der Waals surface area contributed by atoms with Gasteiger partial charge in [-0.1, -0.05) is 57.6 Å². The van der Waals surface area contributed by atoms with Crippen LogP contribution in [-0.2, 0) is 9.53 Å². The molecule has 0 radical (unpaired) electrons. The molecule has 4 unspecified atom stereocenters. The molecule has 1 saturated carbocycles. The maximum atomic E-state index is 11.1. The molecule has 0 heterocycles. The van der Waals surface area contributed by atoms with E-state index >= 15 is 0 Å². The fraction of sp³-hybridized carbons (Fsp3) is 0.864. The van der Waals surface area contributed by atoms with Crippen LogP contribution in [0.3, 0.4) is 0 Å². The molecule has 4 atom stereocenters. The highest BCUT2D eigenvalue weighted by atomic mass is 16.5. The third kappa shape index (κ3) is 9.18. The van der Waals surface area contributed by atoms with Crippen LogP contribution in [0.25, 0.3) is 0 Å². The summed E-state index contributed by atoms with van der Waals surface area (Å²) in [4.78, 5) is 11.1. The fourth-order valence-electron chi connectivity index (χ4n) is 3.97. The summed E-state index contributed by atoms with van der Waals surface area (Å²) in [7, 11) is 1.43. The van der Waals surface area contributed by atoms with Crippen LogP contribution in [0.2, 0.25) is 0 Å². The normalized spacial score (nSPS) is 25.5. The van der Waals surface area contributed by atoms with Crippen molar-refractivity contribution < 1.29 is 19.7 Å². The van der Waals surface area contributed by atoms with Gasteiger partial charge in [-0.05, 0) is 50.9 Å². The molecule has 0 amide bonds. The molecule has 152 valence electrons. The van der Waals surface area contributed by atoms with E-state index < -0.39 is 5.60 Å². The monoisotopic (exact) mass is 368 g/mol. The molecule has 1 aliphatic rings. The second-order valence-electron chi connectivity index (χ2n) is 8.17. The molecule has 0 aromatic heterocycles. The lowest BCUT2D eigenvalue weighted by molar-refractivity contribution is -0.140. The summed E-state index contributed by atoms with van der Waals surface area (Å²) >= 11 is 0. The molecule has 0 aromatic rings. The zero-order valence-electron chi connectivity index (χ0n) is 17.1. The number of aliphatic hydroxyl groups excluding tert-OH is 1. The topological polar surface area (TPSA) is 66.8 Å². The zero-order chi connectivity index (χ0) is 19.4. The molecule has 1 fully saturated rings. The number of carbonyl (C=O) groups is 1. The Balaban J connectivity index is 2.34. The standard InChI is InChI=1S/C22H40O4/c1-4-5-10-16-22(2,25)17-15-18-13-14-20(23)19(18)11-8-6-7-9-12-21(24)26-3/h15,17-20,23,25H,4-14,16H2,1-3H3. The minimum Gasteiger partial charge on any atom is -0.469 e. The molecule has 0 bridgehead atoms. The molecule has 0 spiro atoms. The molecule has 26 heavy (non-hydrogen) atoms. The zero-order valence-corrected chi connectivity index (χ0v) is 17.1. The predicted octanol–water partition coefficient (Wildman–Crippen LogP) is 4.77. The van der Waals surface area contributed by atoms with Crippen molar-refractivity contribution in [2.24, 2.45) is 11.8 Å². The first-order chi connectivity index (χ1) is 12.4. The number of unbranched alkanes of at least 4 members (excludes halogenated alkanes) is 5. The molecule has 0 saturated heterocycles. The van der Waals surface area contributed by atoms with Crippen LogP contribution >= 0.6 is 0 Å². The van der Waals surface area contributed by atoms with Crippen molar-refractivity contribution >= 4 is 5.97 Å². The van der Waals surface area contributed by atoms with Gasteiger partial charge in [-0.2, -0.15) is 0 Å². The summed E-state index contributed by atoms with van der Waals surface area (Å²) in [6, 6.07) is 0. The van der Waals surface area contributed by atoms with Gasteiger partial charge in [0.1, 0.15) is 0 Å². The molecular formula is C22H40O4. The SMILES string of the molecule is CCCCCC(C)(O)C=CC1CCC(O)C1CCCCCCC(=O)OC. The van der Waals surface area contributed by atoms with Gasteiger partial charge in [0, 0.05) is 6.42 Å². The second kappa shape index (κ2) is 12.5. The number of esters is 1. The largest absolute Gasteiger partial charge is 0.469 e. The summed E-state index contributed by atoms with van der Waals surface area (Å²) in [5.74, 6) is 0.545. The van der Waals surface area contributed by atoms with Crippen LogP contribution in [0.1, 0.15) is 90.9 Å². The summed E-state index contributed by atoms with van der Waals surface area (Å²) in [6.07, 6.45) is 15.6. The molecule has 1 aliphatic carbocycles. The first kappa shape index (κ1) is 23.2. The van der Waals surface area contributed by atoms with E-state index in [-0.39, 0.29) is 12.1 Å². The Morgan fingerprint density at radius 3 is 2.58 bits per heavy atom. The minimum absolute atomic E-state index is 0.132. The van der Waals surface area contributed by atoms with Crippen molar-refractivity contribution in [1.29, 1.82) is 0 Å². The van der Waals surface area contributed by atoms with E-state index in [2.05, 4.69) is 17.7 Å². The van der Waals surface area contributed by atoms with E-state index in [1.165, 1.54) is 7.11 Å². The van der Waals surface area contributed by atoms with Gasteiger partial charge in [0.2, 0.25) is 0 Å². The first-order valence-corrected chi connectivity index (χ1v) is 10.6. The highest BCUT2D eigenvalue weighted by Crippen LogP contribution is 2.37. The molecule has 0 aliphatic heterocycles. The van der Waals surface area contributed by atoms with Gasteiger partial charge in [0.05, 0.1) is 18.8 Å². The third-order valence-corrected chi connectivity index (χ3v) is 5.72. The van der Waals surface area contributed by atoms with Gasteiger partial charge in [0.25, 0.3) is 0 Å². The van der Waals surface area contributed by atoms with E-state index in [1.807, 2.05) is 13.0 Å². The summed E-state index contributed by atoms with van der Waals surface area (Å²) in [5.41, 5.74) is -0.735. The first-order valence-electron chi connectivity index (χ1n) is 10.6. The second-order valence-corrected chi connectivity index (χ2v) is 8.17. The van der Waals surface area contributed by atoms with E-state index in [9.17, 15) is 15.0 Å². The van der Waals surface area contributed by atoms with E-state index in [0.717, 1.165) is 70.6 Å². The highest BCUT2D eigenvalue weighted by Gasteiger charge is 2.33. The number of ether oxygens (including phenoxy) is 1. The van der Waals surface area contributed by atoms with Gasteiger partial charge in [-0.15, -0.1) is 0 Å². The van der Waals surface area contributed by atoms with Crippen LogP contribution in [-0.4, -0.2) is 35.0 Å². The van der Waals surface area contributed by atoms with Crippen molar-refractivity contribution in [2.45, 2.75) is 103 Å². The lowest BCUT2D eigenvalue weighted by Gasteiger charge is -2.23. The number of methoxy groups -OCH3 is 1. The fourth-order valence-corrected chi connectivity index (χ4v) is 3.97. The summed E-state index contributed by atoms with van der Waals surface area (Å²) in [6.45, 7) is 4.06. The van der Waals surface area contributed by atoms with Gasteiger partial charge in [0.15, 0.2) is 0 Å². The molecule has 0 aromatic carbocycles. The average molecular weight is 369 g/mol. The van der Waals surface area contributed by atoms with Crippen LogP contribution in [0.5, 0.6) is 0 Å². The van der Waals surface area contributed by atoms with Crippen LogP contribution in [0, 0.1) is 11.8 Å². The molecule has 4 heteroatoms. The Bertz CT molecular complexity index is 416. The molecule has 2 N–H and O–H groups in total. The van der Waals surface area contributed by atoms with Crippen molar-refractivity contribution in [3.05, 3.63) is 12.2 Å². The smallest absolute Gasteiger partial charge is 0.305 e. The number of hydrogen-bond donors (Lipinski definition) is 2. The Hall–Kier alpha value is -0.870. The lowest BCUT2D eigenvalue weighted by Crippen LogP contribution is -2.22. The Morgan fingerprint density at radius 2 is 1.88 bits per heavy atom. The highest BCUT2D eigenvalue weighted by molar-refractivity contribution is 5.68. The van der Waals surface area contributed by atoms with Gasteiger partial charge >= 0.3 is 5.97 Å². The van der Waals surface area contributed by atoms with E-state index in [0.29, 0.717) is 18.3 Å². The third-order valence-electron chi connectivity index (χ3n) is 5.72. The molecule has 4 nitrogen and oxygen atoms in total. The number of hydrogen-bond acceptors (Lipinski definition) is 4. The maximum absolute atomic E-state index is 11.1. The van der Waals surface area contributed by atoms with Crippen LogP contribution in [0.4, 0.5) is 0 Å². The van der Waals surface area contributed by atoms with Crippen molar-refractivity contribution in [1.82, 2.24) is 0 Å². The molecule has 1 rings (SSSR count). The van der Waals surface area contributed by atoms with Gasteiger partial charge in [-0.3, -0.25) is 4.79 Å². The van der Waals surface area contributed by atoms with Gasteiger partial charge in [-0.25, -0.2) is 0 Å². The lowest BCUT2D eigenvalue weighted by atomic mass is 9.87. The quantitative estimate of drug-likeness (QED) is 0.279. The predicted molar refractivity (Wildman–Crippen MR) is 106 cm³/mol. The minimum atomic E-state index is -0.735. The summed E-state index contributed by atoms with van der Waals surface area (Å²) in [5, 5.41) is 20.8. The van der Waals surface area contributed by atoms with Crippen LogP contribution < -0.4 is 0 Å². The van der Waals surface area contributed by atoms with Crippen molar-refractivity contribution in [3.63, 3.8) is 0 Å². The average Bonchev–Trinajstić information content (AvgIpc) is 2.96. The Morgan fingerprint density at radius 1 is 1.15 bits per heavy atom. The number of rotatable bonds is 13. The summed E-state index contributed by atoms with van der Waals surface area (Å²) < 4.78 is 4.65. The van der Waals surface area contributed by atoms with Crippen LogP contribution in [0.15, 0.2) is 12.2 Å². The van der Waals surface area contributed by atoms with E-state index in [4.69, 9.17) is 0 Å².